The van der Waals surface area contributed by atoms with E-state index in [1.54, 1.807) is 0 Å². The van der Waals surface area contributed by atoms with Crippen LogP contribution in [0, 0.1) is 0 Å². The molecule has 0 spiro atoms. The predicted molar refractivity (Wildman–Crippen MR) is 122 cm³/mol. The first kappa shape index (κ1) is 21.1. The Bertz CT molecular complexity index is 878. The Hall–Kier alpha value is -2.62. The highest BCUT2D eigenvalue weighted by Crippen LogP contribution is 2.28. The van der Waals surface area contributed by atoms with E-state index in [0.29, 0.717) is 6.42 Å². The summed E-state index contributed by atoms with van der Waals surface area (Å²) in [4.78, 5) is 17.8. The summed E-state index contributed by atoms with van der Waals surface area (Å²) in [5.74, 6) is 0.208. The number of Topliss-reactive ketones (excluding diaryl/α,β-unsaturated/α-hetero) is 1. The number of hydrogen-bond donors (Lipinski definition) is 0. The Kier molecular flexibility index (Phi) is 7.45. The molecule has 0 aliphatic carbocycles. The zero-order valence-electron chi connectivity index (χ0n) is 16.5. The van der Waals surface area contributed by atoms with Crippen molar-refractivity contribution < 1.29 is 4.79 Å². The summed E-state index contributed by atoms with van der Waals surface area (Å²) >= 11 is 0. The first-order valence-corrected chi connectivity index (χ1v) is 9.98. The first-order valence-electron chi connectivity index (χ1n) is 9.98. The smallest absolute Gasteiger partial charge is 0.164 e. The third-order valence-electron chi connectivity index (χ3n) is 5.54. The number of para-hydroxylation sites is 1. The number of carbonyl (C=O) groups excluding carboxylic acids is 1. The number of carbonyl (C=O) groups is 1. The van der Waals surface area contributed by atoms with Crippen LogP contribution in [0.4, 0.5) is 5.69 Å². The lowest BCUT2D eigenvalue weighted by Crippen LogP contribution is -2.48. The van der Waals surface area contributed by atoms with Crippen LogP contribution in [0.15, 0.2) is 91.0 Å². The van der Waals surface area contributed by atoms with Crippen LogP contribution in [0.3, 0.4) is 0 Å². The van der Waals surface area contributed by atoms with Gasteiger partial charge < -0.3 is 4.90 Å². The number of halogens is 1. The predicted octanol–water partition coefficient (Wildman–Crippen LogP) is 5.24. The van der Waals surface area contributed by atoms with Crippen LogP contribution in [-0.4, -0.2) is 36.9 Å². The van der Waals surface area contributed by atoms with Crippen LogP contribution in [0.25, 0.3) is 0 Å². The fourth-order valence-corrected chi connectivity index (χ4v) is 3.98. The molecule has 1 atom stereocenters. The fourth-order valence-electron chi connectivity index (χ4n) is 3.98. The summed E-state index contributed by atoms with van der Waals surface area (Å²) in [6.45, 7) is 3.87. The van der Waals surface area contributed by atoms with Crippen LogP contribution in [0.1, 0.15) is 28.4 Å². The number of piperazine rings is 1. The SMILES string of the molecule is Cl.O=C(CC(c1ccccc1)N1CCN(c2ccccc2)CC1)c1ccccc1. The Morgan fingerprint density at radius 2 is 1.24 bits per heavy atom. The quantitative estimate of drug-likeness (QED) is 0.522. The topological polar surface area (TPSA) is 23.6 Å². The molecule has 150 valence electrons. The van der Waals surface area contributed by atoms with Gasteiger partial charge in [0.25, 0.3) is 0 Å². The van der Waals surface area contributed by atoms with Crippen molar-refractivity contribution in [2.45, 2.75) is 12.5 Å². The second-order valence-corrected chi connectivity index (χ2v) is 7.28. The molecule has 1 heterocycles. The van der Waals surface area contributed by atoms with Crippen molar-refractivity contribution in [3.05, 3.63) is 102 Å². The molecule has 0 aromatic heterocycles. The van der Waals surface area contributed by atoms with Gasteiger partial charge in [0.2, 0.25) is 0 Å². The number of rotatable bonds is 6. The Morgan fingerprint density at radius 1 is 0.724 bits per heavy atom. The van der Waals surface area contributed by atoms with Crippen molar-refractivity contribution in [2.24, 2.45) is 0 Å². The highest BCUT2D eigenvalue weighted by atomic mass is 35.5. The fraction of sp³-hybridized carbons (Fsp3) is 0.240. The van der Waals surface area contributed by atoms with Gasteiger partial charge in [-0.25, -0.2) is 0 Å². The molecule has 1 aliphatic heterocycles. The summed E-state index contributed by atoms with van der Waals surface area (Å²) in [6.07, 6.45) is 0.513. The number of ketones is 1. The van der Waals surface area contributed by atoms with Gasteiger partial charge in [-0.3, -0.25) is 9.69 Å². The molecule has 0 N–H and O–H groups in total. The number of nitrogens with zero attached hydrogens (tertiary/aromatic N) is 2. The molecule has 29 heavy (non-hydrogen) atoms. The van der Waals surface area contributed by atoms with Crippen LogP contribution in [-0.2, 0) is 0 Å². The summed E-state index contributed by atoms with van der Waals surface area (Å²) < 4.78 is 0. The highest BCUT2D eigenvalue weighted by Gasteiger charge is 2.27. The van der Waals surface area contributed by atoms with Gasteiger partial charge in [0.05, 0.1) is 0 Å². The van der Waals surface area contributed by atoms with E-state index in [9.17, 15) is 4.79 Å². The van der Waals surface area contributed by atoms with Crippen molar-refractivity contribution in [1.82, 2.24) is 4.90 Å². The molecule has 0 amide bonds. The Labute approximate surface area is 179 Å². The summed E-state index contributed by atoms with van der Waals surface area (Å²) in [5, 5.41) is 0. The normalized spacial score (nSPS) is 15.4. The van der Waals surface area contributed by atoms with Crippen LogP contribution >= 0.6 is 12.4 Å². The average Bonchev–Trinajstić information content (AvgIpc) is 2.79. The average molecular weight is 407 g/mol. The molecule has 3 aromatic carbocycles. The molecule has 3 nitrogen and oxygen atoms in total. The van der Waals surface area contributed by atoms with Crippen molar-refractivity contribution in [1.29, 1.82) is 0 Å². The zero-order chi connectivity index (χ0) is 19.2. The molecule has 0 radical (unpaired) electrons. The van der Waals surface area contributed by atoms with Crippen LogP contribution in [0.2, 0.25) is 0 Å². The summed E-state index contributed by atoms with van der Waals surface area (Å²) in [6, 6.07) is 30.8. The lowest BCUT2D eigenvalue weighted by atomic mass is 9.96. The van der Waals surface area contributed by atoms with Gasteiger partial charge in [-0.15, -0.1) is 12.4 Å². The lowest BCUT2D eigenvalue weighted by Gasteiger charge is -2.40. The van der Waals surface area contributed by atoms with E-state index in [4.69, 9.17) is 0 Å². The largest absolute Gasteiger partial charge is 0.369 e. The molecule has 1 fully saturated rings. The molecule has 4 rings (SSSR count). The molecular weight excluding hydrogens is 380 g/mol. The van der Waals surface area contributed by atoms with Crippen molar-refractivity contribution in [3.63, 3.8) is 0 Å². The molecule has 0 saturated carbocycles. The number of benzene rings is 3. The van der Waals surface area contributed by atoms with E-state index in [2.05, 4.69) is 64.4 Å². The van der Waals surface area contributed by atoms with Gasteiger partial charge in [-0.2, -0.15) is 0 Å². The molecule has 1 unspecified atom stereocenters. The van der Waals surface area contributed by atoms with Gasteiger partial charge in [0.1, 0.15) is 0 Å². The van der Waals surface area contributed by atoms with Gasteiger partial charge in [0.15, 0.2) is 5.78 Å². The molecule has 1 saturated heterocycles. The van der Waals surface area contributed by atoms with Crippen molar-refractivity contribution in [2.75, 3.05) is 31.1 Å². The second-order valence-electron chi connectivity index (χ2n) is 7.28. The molecule has 4 heteroatoms. The van der Waals surface area contributed by atoms with Crippen LogP contribution in [0.5, 0.6) is 0 Å². The Balaban J connectivity index is 0.00000240. The minimum Gasteiger partial charge on any atom is -0.369 e. The first-order chi connectivity index (χ1) is 13.8. The van der Waals surface area contributed by atoms with E-state index in [0.717, 1.165) is 31.7 Å². The van der Waals surface area contributed by atoms with E-state index in [1.165, 1.54) is 11.3 Å². The third-order valence-corrected chi connectivity index (χ3v) is 5.54. The summed E-state index contributed by atoms with van der Waals surface area (Å²) in [7, 11) is 0. The molecule has 0 bridgehead atoms. The van der Waals surface area contributed by atoms with E-state index < -0.39 is 0 Å². The maximum Gasteiger partial charge on any atom is 0.164 e. The van der Waals surface area contributed by atoms with Gasteiger partial charge in [-0.1, -0.05) is 78.9 Å². The van der Waals surface area contributed by atoms with Gasteiger partial charge >= 0.3 is 0 Å². The minimum absolute atomic E-state index is 0. The number of hydrogen-bond acceptors (Lipinski definition) is 3. The van der Waals surface area contributed by atoms with E-state index in [-0.39, 0.29) is 24.2 Å². The maximum absolute atomic E-state index is 12.9. The minimum atomic E-state index is 0. The zero-order valence-corrected chi connectivity index (χ0v) is 17.3. The van der Waals surface area contributed by atoms with Crippen molar-refractivity contribution >= 4 is 23.9 Å². The van der Waals surface area contributed by atoms with E-state index in [1.807, 2.05) is 36.4 Å². The summed E-state index contributed by atoms with van der Waals surface area (Å²) in [5.41, 5.74) is 3.30. The maximum atomic E-state index is 12.9. The standard InChI is InChI=1S/C25H26N2O.ClH/c28-25(22-12-6-2-7-13-22)20-24(21-10-4-1-5-11-21)27-18-16-26(17-19-27)23-14-8-3-9-15-23;/h1-15,24H,16-20H2;1H. The third kappa shape index (κ3) is 5.26. The van der Waals surface area contributed by atoms with Gasteiger partial charge in [0, 0.05) is 49.9 Å². The monoisotopic (exact) mass is 406 g/mol. The number of anilines is 1. The van der Waals surface area contributed by atoms with Crippen molar-refractivity contribution in [3.8, 4) is 0 Å². The Morgan fingerprint density at radius 3 is 1.83 bits per heavy atom. The second kappa shape index (κ2) is 10.2. The molecular formula is C25H27ClN2O. The molecule has 3 aromatic rings. The highest BCUT2D eigenvalue weighted by molar-refractivity contribution is 5.96. The van der Waals surface area contributed by atoms with E-state index >= 15 is 0 Å². The van der Waals surface area contributed by atoms with Gasteiger partial charge in [-0.05, 0) is 17.7 Å². The van der Waals surface area contributed by atoms with Crippen LogP contribution < -0.4 is 4.90 Å². The lowest BCUT2D eigenvalue weighted by molar-refractivity contribution is 0.0910. The molecule has 1 aliphatic rings.